The van der Waals surface area contributed by atoms with E-state index < -0.39 is 0 Å². The van der Waals surface area contributed by atoms with Crippen molar-refractivity contribution in [3.8, 4) is 5.75 Å². The summed E-state index contributed by atoms with van der Waals surface area (Å²) in [6, 6.07) is 13.7. The largest absolute Gasteiger partial charge is 0.490 e. The number of pyridine rings is 1. The van der Waals surface area contributed by atoms with Gasteiger partial charge in [0.2, 0.25) is 0 Å². The topological polar surface area (TPSA) is 71.7 Å². The Bertz CT molecular complexity index is 788. The molecule has 0 bridgehead atoms. The quantitative estimate of drug-likeness (QED) is 0.815. The number of nitrogens with two attached hydrogens (primary N) is 1. The summed E-state index contributed by atoms with van der Waals surface area (Å²) in [6.07, 6.45) is 5.08. The molecular formula is C23H30N4O2. The van der Waals surface area contributed by atoms with E-state index in [2.05, 4.69) is 16.0 Å². The Balaban J connectivity index is 1.25. The van der Waals surface area contributed by atoms with Gasteiger partial charge in [-0.2, -0.15) is 0 Å². The fraction of sp³-hybridized carbons (Fsp3) is 0.478. The van der Waals surface area contributed by atoms with E-state index in [1.54, 1.807) is 0 Å². The van der Waals surface area contributed by atoms with E-state index in [9.17, 15) is 4.79 Å². The van der Waals surface area contributed by atoms with Crippen molar-refractivity contribution in [2.75, 3.05) is 32.7 Å². The molecule has 0 unspecified atom stereocenters. The SMILES string of the molecule is NC[C@@H]1CCN(C(=O)c2ccc(OC3CCN(Cc4ccccn4)CC3)cc2)C1. The van der Waals surface area contributed by atoms with Crippen LogP contribution in [0.25, 0.3) is 0 Å². The lowest BCUT2D eigenvalue weighted by molar-refractivity contribution is 0.0787. The number of carbonyl (C=O) groups excluding carboxylic acids is 1. The number of hydrogen-bond acceptors (Lipinski definition) is 5. The maximum absolute atomic E-state index is 12.6. The van der Waals surface area contributed by atoms with Crippen LogP contribution in [-0.4, -0.2) is 59.5 Å². The van der Waals surface area contributed by atoms with Crippen molar-refractivity contribution in [1.82, 2.24) is 14.8 Å². The van der Waals surface area contributed by atoms with Crippen LogP contribution in [0.15, 0.2) is 48.7 Å². The molecule has 2 aliphatic rings. The molecule has 1 aromatic carbocycles. The molecule has 1 amide bonds. The van der Waals surface area contributed by atoms with Gasteiger partial charge in [-0.3, -0.25) is 14.7 Å². The standard InChI is InChI=1S/C23H30N4O2/c24-15-18-8-14-27(16-18)23(28)19-4-6-21(7-5-19)29-22-9-12-26(13-10-22)17-20-3-1-2-11-25-20/h1-7,11,18,22H,8-10,12-17,24H2/t18-/m0/s1. The number of nitrogens with zero attached hydrogens (tertiary/aromatic N) is 3. The second kappa shape index (κ2) is 9.37. The highest BCUT2D eigenvalue weighted by atomic mass is 16.5. The van der Waals surface area contributed by atoms with Crippen molar-refractivity contribution in [2.45, 2.75) is 31.9 Å². The maximum atomic E-state index is 12.6. The number of amides is 1. The first-order valence-electron chi connectivity index (χ1n) is 10.6. The van der Waals surface area contributed by atoms with E-state index in [-0.39, 0.29) is 12.0 Å². The van der Waals surface area contributed by atoms with Gasteiger partial charge in [-0.05, 0) is 68.1 Å². The van der Waals surface area contributed by atoms with Crippen LogP contribution in [0, 0.1) is 5.92 Å². The fourth-order valence-electron chi connectivity index (χ4n) is 4.17. The lowest BCUT2D eigenvalue weighted by atomic mass is 10.1. The maximum Gasteiger partial charge on any atom is 0.253 e. The van der Waals surface area contributed by atoms with Crippen LogP contribution in [0.3, 0.4) is 0 Å². The van der Waals surface area contributed by atoms with Crippen LogP contribution in [0.1, 0.15) is 35.3 Å². The summed E-state index contributed by atoms with van der Waals surface area (Å²) >= 11 is 0. The molecule has 3 heterocycles. The van der Waals surface area contributed by atoms with Gasteiger partial charge in [0.05, 0.1) is 5.69 Å². The normalized spacial score (nSPS) is 20.7. The molecule has 0 spiro atoms. The molecule has 2 fully saturated rings. The van der Waals surface area contributed by atoms with Crippen LogP contribution in [0.2, 0.25) is 0 Å². The first kappa shape index (κ1) is 19.9. The number of likely N-dealkylation sites (tertiary alicyclic amines) is 2. The van der Waals surface area contributed by atoms with Crippen LogP contribution in [0.4, 0.5) is 0 Å². The van der Waals surface area contributed by atoms with Crippen LogP contribution in [-0.2, 0) is 6.54 Å². The zero-order chi connectivity index (χ0) is 20.1. The summed E-state index contributed by atoms with van der Waals surface area (Å²) < 4.78 is 6.16. The molecular weight excluding hydrogens is 364 g/mol. The van der Waals surface area contributed by atoms with Crippen molar-refractivity contribution >= 4 is 5.91 Å². The molecule has 1 atom stereocenters. The molecule has 1 aromatic heterocycles. The molecule has 0 saturated carbocycles. The predicted octanol–water partition coefficient (Wildman–Crippen LogP) is 2.55. The fourth-order valence-corrected chi connectivity index (χ4v) is 4.17. The number of benzene rings is 1. The number of rotatable bonds is 6. The Morgan fingerprint density at radius 1 is 1.07 bits per heavy atom. The van der Waals surface area contributed by atoms with Crippen molar-refractivity contribution in [1.29, 1.82) is 0 Å². The van der Waals surface area contributed by atoms with Crippen molar-refractivity contribution in [3.63, 3.8) is 0 Å². The zero-order valence-electron chi connectivity index (χ0n) is 16.9. The summed E-state index contributed by atoms with van der Waals surface area (Å²) in [5.74, 6) is 1.37. The van der Waals surface area contributed by atoms with Crippen molar-refractivity contribution in [2.24, 2.45) is 11.7 Å². The van der Waals surface area contributed by atoms with E-state index in [1.807, 2.05) is 47.5 Å². The summed E-state index contributed by atoms with van der Waals surface area (Å²) in [5, 5.41) is 0. The van der Waals surface area contributed by atoms with Gasteiger partial charge in [-0.25, -0.2) is 0 Å². The van der Waals surface area contributed by atoms with Crippen LogP contribution in [0.5, 0.6) is 5.75 Å². The number of hydrogen-bond donors (Lipinski definition) is 1. The van der Waals surface area contributed by atoms with Crippen molar-refractivity contribution in [3.05, 3.63) is 59.9 Å². The Kier molecular flexibility index (Phi) is 6.42. The van der Waals surface area contributed by atoms with E-state index in [0.717, 1.165) is 69.0 Å². The smallest absolute Gasteiger partial charge is 0.253 e. The van der Waals surface area contributed by atoms with Crippen LogP contribution >= 0.6 is 0 Å². The Morgan fingerprint density at radius 3 is 2.52 bits per heavy atom. The molecule has 154 valence electrons. The third kappa shape index (κ3) is 5.14. The summed E-state index contributed by atoms with van der Waals surface area (Å²) in [7, 11) is 0. The van der Waals surface area contributed by atoms with E-state index >= 15 is 0 Å². The molecule has 6 heteroatoms. The summed E-state index contributed by atoms with van der Waals surface area (Å²) in [5.41, 5.74) is 7.57. The molecule has 2 saturated heterocycles. The molecule has 4 rings (SSSR count). The van der Waals surface area contributed by atoms with Crippen LogP contribution < -0.4 is 10.5 Å². The number of piperidine rings is 1. The first-order valence-corrected chi connectivity index (χ1v) is 10.6. The molecule has 29 heavy (non-hydrogen) atoms. The Morgan fingerprint density at radius 2 is 1.86 bits per heavy atom. The zero-order valence-corrected chi connectivity index (χ0v) is 16.9. The number of aromatic nitrogens is 1. The molecule has 0 radical (unpaired) electrons. The van der Waals surface area contributed by atoms with E-state index in [4.69, 9.17) is 10.5 Å². The first-order chi connectivity index (χ1) is 14.2. The van der Waals surface area contributed by atoms with Gasteiger partial charge in [0.15, 0.2) is 0 Å². The molecule has 2 N–H and O–H groups in total. The van der Waals surface area contributed by atoms with Gasteiger partial charge in [-0.1, -0.05) is 6.07 Å². The highest BCUT2D eigenvalue weighted by molar-refractivity contribution is 5.94. The number of carbonyl (C=O) groups is 1. The molecule has 6 nitrogen and oxygen atoms in total. The number of ether oxygens (including phenoxy) is 1. The minimum Gasteiger partial charge on any atom is -0.490 e. The van der Waals surface area contributed by atoms with Crippen molar-refractivity contribution < 1.29 is 9.53 Å². The highest BCUT2D eigenvalue weighted by Gasteiger charge is 2.26. The minimum atomic E-state index is 0.0929. The van der Waals surface area contributed by atoms with E-state index in [1.165, 1.54) is 0 Å². The second-order valence-corrected chi connectivity index (χ2v) is 8.08. The highest BCUT2D eigenvalue weighted by Crippen LogP contribution is 2.22. The minimum absolute atomic E-state index is 0.0929. The molecule has 0 aliphatic carbocycles. The van der Waals surface area contributed by atoms with Gasteiger partial charge >= 0.3 is 0 Å². The lowest BCUT2D eigenvalue weighted by Gasteiger charge is -2.31. The van der Waals surface area contributed by atoms with Gasteiger partial charge < -0.3 is 15.4 Å². The Labute approximate surface area is 172 Å². The second-order valence-electron chi connectivity index (χ2n) is 8.08. The third-order valence-corrected chi connectivity index (χ3v) is 5.96. The molecule has 2 aromatic rings. The van der Waals surface area contributed by atoms with Gasteiger partial charge in [0.25, 0.3) is 5.91 Å². The van der Waals surface area contributed by atoms with Gasteiger partial charge in [0.1, 0.15) is 11.9 Å². The average molecular weight is 395 g/mol. The van der Waals surface area contributed by atoms with E-state index in [0.29, 0.717) is 12.5 Å². The summed E-state index contributed by atoms with van der Waals surface area (Å²) in [6.45, 7) is 5.13. The monoisotopic (exact) mass is 394 g/mol. The molecule has 2 aliphatic heterocycles. The third-order valence-electron chi connectivity index (χ3n) is 5.96. The Hall–Kier alpha value is -2.44. The average Bonchev–Trinajstić information content (AvgIpc) is 3.25. The van der Waals surface area contributed by atoms with Gasteiger partial charge in [-0.15, -0.1) is 0 Å². The van der Waals surface area contributed by atoms with Gasteiger partial charge in [0, 0.05) is 44.5 Å². The predicted molar refractivity (Wildman–Crippen MR) is 113 cm³/mol. The lowest BCUT2D eigenvalue weighted by Crippen LogP contribution is -2.38. The summed E-state index contributed by atoms with van der Waals surface area (Å²) in [4.78, 5) is 21.4.